The molecule has 3 aromatic carbocycles. The summed E-state index contributed by atoms with van der Waals surface area (Å²) in [6.45, 7) is 2.46. The molecule has 0 atom stereocenters. The van der Waals surface area contributed by atoms with Crippen molar-refractivity contribution in [1.82, 2.24) is 0 Å². The average Bonchev–Trinajstić information content (AvgIpc) is 2.56. The predicted molar refractivity (Wildman–Crippen MR) is 86.5 cm³/mol. The first-order valence-corrected chi connectivity index (χ1v) is 7.21. The quantitative estimate of drug-likeness (QED) is 0.526. The lowest BCUT2D eigenvalue weighted by Gasteiger charge is -2.09. The maximum Gasteiger partial charge on any atom is 0.343 e. The molecule has 0 saturated heterocycles. The lowest BCUT2D eigenvalue weighted by atomic mass is 10.1. The Morgan fingerprint density at radius 1 is 0.955 bits per heavy atom. The highest BCUT2D eigenvalue weighted by Crippen LogP contribution is 2.26. The Bertz CT molecular complexity index is 803. The van der Waals surface area contributed by atoms with Gasteiger partial charge in [-0.25, -0.2) is 4.79 Å². The van der Waals surface area contributed by atoms with Crippen molar-refractivity contribution in [3.63, 3.8) is 0 Å². The monoisotopic (exact) mass is 292 g/mol. The van der Waals surface area contributed by atoms with Crippen LogP contribution in [0.1, 0.15) is 17.3 Å². The molecule has 0 spiro atoms. The summed E-state index contributed by atoms with van der Waals surface area (Å²) >= 11 is 0. The Kier molecular flexibility index (Phi) is 4.05. The molecule has 0 fully saturated rings. The zero-order valence-electron chi connectivity index (χ0n) is 12.3. The minimum absolute atomic E-state index is 0.391. The predicted octanol–water partition coefficient (Wildman–Crippen LogP) is 4.46. The lowest BCUT2D eigenvalue weighted by Crippen LogP contribution is -2.09. The molecule has 0 aliphatic heterocycles. The first-order chi connectivity index (χ1) is 10.8. The van der Waals surface area contributed by atoms with E-state index in [4.69, 9.17) is 9.47 Å². The minimum atomic E-state index is -0.391. The standard InChI is InChI=1S/C19H16O3/c1-2-21-16-10-5-9-15(13-16)19(20)22-18-12-6-8-14-7-3-4-11-17(14)18/h3-13H,2H2,1H3. The molecule has 0 amide bonds. The normalized spacial score (nSPS) is 10.4. The summed E-state index contributed by atoms with van der Waals surface area (Å²) in [7, 11) is 0. The number of ether oxygens (including phenoxy) is 2. The van der Waals surface area contributed by atoms with E-state index in [-0.39, 0.29) is 0 Å². The Morgan fingerprint density at radius 3 is 2.59 bits per heavy atom. The van der Waals surface area contributed by atoms with Crippen LogP contribution in [0.3, 0.4) is 0 Å². The fraction of sp³-hybridized carbons (Fsp3) is 0.105. The molecule has 0 aliphatic rings. The van der Waals surface area contributed by atoms with E-state index in [0.717, 1.165) is 10.8 Å². The summed E-state index contributed by atoms with van der Waals surface area (Å²) in [4.78, 5) is 12.3. The van der Waals surface area contributed by atoms with Crippen molar-refractivity contribution < 1.29 is 14.3 Å². The van der Waals surface area contributed by atoms with E-state index in [0.29, 0.717) is 23.7 Å². The number of rotatable bonds is 4. The number of esters is 1. The highest BCUT2D eigenvalue weighted by Gasteiger charge is 2.11. The molecule has 110 valence electrons. The van der Waals surface area contributed by atoms with Crippen LogP contribution in [-0.2, 0) is 0 Å². The van der Waals surface area contributed by atoms with E-state index in [1.54, 1.807) is 24.3 Å². The van der Waals surface area contributed by atoms with Crippen LogP contribution in [-0.4, -0.2) is 12.6 Å². The van der Waals surface area contributed by atoms with E-state index in [2.05, 4.69) is 0 Å². The maximum absolute atomic E-state index is 12.3. The molecule has 0 N–H and O–H groups in total. The van der Waals surface area contributed by atoms with E-state index in [1.807, 2.05) is 49.4 Å². The van der Waals surface area contributed by atoms with Crippen LogP contribution in [0.2, 0.25) is 0 Å². The molecule has 0 heterocycles. The van der Waals surface area contributed by atoms with Crippen molar-refractivity contribution in [1.29, 1.82) is 0 Å². The van der Waals surface area contributed by atoms with Gasteiger partial charge in [0.1, 0.15) is 11.5 Å². The summed E-state index contributed by atoms with van der Waals surface area (Å²) in [5.41, 5.74) is 0.471. The van der Waals surface area contributed by atoms with Gasteiger partial charge < -0.3 is 9.47 Å². The largest absolute Gasteiger partial charge is 0.494 e. The van der Waals surface area contributed by atoms with Gasteiger partial charge in [-0.15, -0.1) is 0 Å². The lowest BCUT2D eigenvalue weighted by molar-refractivity contribution is 0.0736. The zero-order chi connectivity index (χ0) is 15.4. The molecule has 3 rings (SSSR count). The topological polar surface area (TPSA) is 35.5 Å². The van der Waals surface area contributed by atoms with E-state index < -0.39 is 5.97 Å². The molecular formula is C19H16O3. The van der Waals surface area contributed by atoms with Crippen LogP contribution in [0.15, 0.2) is 66.7 Å². The van der Waals surface area contributed by atoms with Crippen molar-refractivity contribution in [2.24, 2.45) is 0 Å². The van der Waals surface area contributed by atoms with Crippen LogP contribution in [0.4, 0.5) is 0 Å². The van der Waals surface area contributed by atoms with Gasteiger partial charge in [-0.2, -0.15) is 0 Å². The number of hydrogen-bond acceptors (Lipinski definition) is 3. The highest BCUT2D eigenvalue weighted by atomic mass is 16.5. The number of hydrogen-bond donors (Lipinski definition) is 0. The highest BCUT2D eigenvalue weighted by molar-refractivity contribution is 5.95. The van der Waals surface area contributed by atoms with Crippen molar-refractivity contribution in [2.75, 3.05) is 6.61 Å². The second kappa shape index (κ2) is 6.31. The van der Waals surface area contributed by atoms with Crippen molar-refractivity contribution in [2.45, 2.75) is 6.92 Å². The molecule has 0 aromatic heterocycles. The first kappa shape index (κ1) is 14.1. The van der Waals surface area contributed by atoms with Crippen LogP contribution in [0.5, 0.6) is 11.5 Å². The van der Waals surface area contributed by atoms with Crippen LogP contribution >= 0.6 is 0 Å². The third kappa shape index (κ3) is 2.93. The fourth-order valence-corrected chi connectivity index (χ4v) is 2.32. The summed E-state index contributed by atoms with van der Waals surface area (Å²) < 4.78 is 11.0. The van der Waals surface area contributed by atoms with E-state index in [9.17, 15) is 4.79 Å². The SMILES string of the molecule is CCOc1cccc(C(=O)Oc2cccc3ccccc23)c1. The maximum atomic E-state index is 12.3. The van der Waals surface area contributed by atoms with Crippen molar-refractivity contribution in [3.05, 3.63) is 72.3 Å². The van der Waals surface area contributed by atoms with Gasteiger partial charge in [0.25, 0.3) is 0 Å². The number of benzene rings is 3. The summed E-state index contributed by atoms with van der Waals surface area (Å²) in [6, 6.07) is 20.5. The third-order valence-corrected chi connectivity index (χ3v) is 3.33. The fourth-order valence-electron chi connectivity index (χ4n) is 2.32. The second-order valence-corrected chi connectivity index (χ2v) is 4.83. The van der Waals surface area contributed by atoms with Gasteiger partial charge >= 0.3 is 5.97 Å². The molecule has 0 unspecified atom stereocenters. The molecule has 0 bridgehead atoms. The summed E-state index contributed by atoms with van der Waals surface area (Å²) in [5, 5.41) is 1.95. The van der Waals surface area contributed by atoms with Gasteiger partial charge in [0.05, 0.1) is 12.2 Å². The van der Waals surface area contributed by atoms with E-state index >= 15 is 0 Å². The Labute approximate surface area is 129 Å². The molecule has 0 aliphatic carbocycles. The molecular weight excluding hydrogens is 276 g/mol. The van der Waals surface area contributed by atoms with Gasteiger partial charge in [-0.05, 0) is 36.6 Å². The van der Waals surface area contributed by atoms with Crippen LogP contribution in [0.25, 0.3) is 10.8 Å². The van der Waals surface area contributed by atoms with E-state index in [1.165, 1.54) is 0 Å². The number of carbonyl (C=O) groups is 1. The van der Waals surface area contributed by atoms with Gasteiger partial charge in [-0.1, -0.05) is 42.5 Å². The van der Waals surface area contributed by atoms with Crippen LogP contribution < -0.4 is 9.47 Å². The Balaban J connectivity index is 1.88. The van der Waals surface area contributed by atoms with Crippen molar-refractivity contribution in [3.8, 4) is 11.5 Å². The second-order valence-electron chi connectivity index (χ2n) is 4.83. The number of fused-ring (bicyclic) bond motifs is 1. The Morgan fingerprint density at radius 2 is 1.73 bits per heavy atom. The third-order valence-electron chi connectivity index (χ3n) is 3.33. The smallest absolute Gasteiger partial charge is 0.343 e. The zero-order valence-corrected chi connectivity index (χ0v) is 12.3. The average molecular weight is 292 g/mol. The molecule has 3 heteroatoms. The first-order valence-electron chi connectivity index (χ1n) is 7.21. The molecule has 0 saturated carbocycles. The minimum Gasteiger partial charge on any atom is -0.494 e. The molecule has 3 aromatic rings. The molecule has 22 heavy (non-hydrogen) atoms. The molecule has 0 radical (unpaired) electrons. The summed E-state index contributed by atoms with van der Waals surface area (Å²) in [6.07, 6.45) is 0. The molecule has 3 nitrogen and oxygen atoms in total. The Hall–Kier alpha value is -2.81. The van der Waals surface area contributed by atoms with Crippen molar-refractivity contribution >= 4 is 16.7 Å². The van der Waals surface area contributed by atoms with Gasteiger partial charge in [-0.3, -0.25) is 0 Å². The van der Waals surface area contributed by atoms with Gasteiger partial charge in [0.15, 0.2) is 0 Å². The summed E-state index contributed by atoms with van der Waals surface area (Å²) in [5.74, 6) is 0.831. The van der Waals surface area contributed by atoms with Gasteiger partial charge in [0.2, 0.25) is 0 Å². The number of carbonyl (C=O) groups excluding carboxylic acids is 1. The van der Waals surface area contributed by atoms with Gasteiger partial charge in [0, 0.05) is 5.39 Å². The van der Waals surface area contributed by atoms with Crippen LogP contribution in [0, 0.1) is 0 Å².